The molecule has 3 heterocycles. The van der Waals surface area contributed by atoms with Gasteiger partial charge in [0, 0.05) is 33.9 Å². The molecular weight excluding hydrogens is 615 g/mol. The second-order valence-corrected chi connectivity index (χ2v) is 19.1. The van der Waals surface area contributed by atoms with Gasteiger partial charge in [0.05, 0.1) is 5.69 Å². The third-order valence-electron chi connectivity index (χ3n) is 14.3. The maximum Gasteiger partial charge on any atom is 0.252 e. The molecule has 3 aliphatic heterocycles. The minimum absolute atomic E-state index is 0.0498. The van der Waals surface area contributed by atoms with Gasteiger partial charge >= 0.3 is 0 Å². The van der Waals surface area contributed by atoms with Crippen LogP contribution < -0.4 is 26.2 Å². The van der Waals surface area contributed by atoms with Crippen molar-refractivity contribution in [2.75, 3.05) is 9.80 Å². The van der Waals surface area contributed by atoms with E-state index in [2.05, 4.69) is 154 Å². The molecule has 0 radical (unpaired) electrons. The van der Waals surface area contributed by atoms with Gasteiger partial charge in [0.2, 0.25) is 0 Å². The summed E-state index contributed by atoms with van der Waals surface area (Å²) in [5.74, 6) is 3.31. The molecule has 4 bridgehead atoms. The quantitative estimate of drug-likeness (QED) is 0.161. The molecule has 0 amide bonds. The van der Waals surface area contributed by atoms with Crippen molar-refractivity contribution in [3.63, 3.8) is 0 Å². The molecule has 3 heteroatoms. The van der Waals surface area contributed by atoms with Crippen molar-refractivity contribution >= 4 is 57.2 Å². The Labute approximate surface area is 305 Å². The summed E-state index contributed by atoms with van der Waals surface area (Å²) < 4.78 is 0. The Morgan fingerprint density at radius 3 is 1.80 bits per heavy atom. The Bertz CT molecular complexity index is 2240. The number of nitrogens with zero attached hydrogens (tertiary/aromatic N) is 2. The highest BCUT2D eigenvalue weighted by Gasteiger charge is 2.62. The molecule has 254 valence electrons. The van der Waals surface area contributed by atoms with E-state index in [0.29, 0.717) is 0 Å². The summed E-state index contributed by atoms with van der Waals surface area (Å²) in [4.78, 5) is 5.28. The number of hydrogen-bond acceptors (Lipinski definition) is 2. The Morgan fingerprint density at radius 1 is 0.529 bits per heavy atom. The van der Waals surface area contributed by atoms with E-state index in [1.807, 2.05) is 0 Å². The molecule has 4 fully saturated rings. The number of anilines is 6. The molecule has 0 N–H and O–H groups in total. The lowest BCUT2D eigenvalue weighted by Crippen LogP contribution is -2.64. The summed E-state index contributed by atoms with van der Waals surface area (Å²) in [6.45, 7) is 14.2. The maximum absolute atomic E-state index is 2.71. The Kier molecular flexibility index (Phi) is 5.96. The third-order valence-corrected chi connectivity index (χ3v) is 14.3. The zero-order valence-electron chi connectivity index (χ0n) is 31.1. The lowest BCUT2D eigenvalue weighted by molar-refractivity contribution is -0.0419. The van der Waals surface area contributed by atoms with Gasteiger partial charge in [-0.2, -0.15) is 0 Å². The summed E-state index contributed by atoms with van der Waals surface area (Å²) in [5, 5.41) is 0. The van der Waals surface area contributed by atoms with Crippen molar-refractivity contribution in [3.05, 3.63) is 125 Å². The summed E-state index contributed by atoms with van der Waals surface area (Å²) in [6.07, 6.45) is 7.07. The zero-order chi connectivity index (χ0) is 34.6. The van der Waals surface area contributed by atoms with Crippen LogP contribution in [0.15, 0.2) is 103 Å². The van der Waals surface area contributed by atoms with Crippen LogP contribution in [-0.4, -0.2) is 6.71 Å². The molecule has 0 unspecified atom stereocenters. The molecule has 4 aliphatic carbocycles. The van der Waals surface area contributed by atoms with Crippen molar-refractivity contribution < 1.29 is 0 Å². The van der Waals surface area contributed by atoms with Gasteiger partial charge in [-0.1, -0.05) is 108 Å². The first-order valence-electron chi connectivity index (χ1n) is 19.7. The van der Waals surface area contributed by atoms with Gasteiger partial charge in [-0.15, -0.1) is 0 Å². The van der Waals surface area contributed by atoms with Crippen LogP contribution in [0.3, 0.4) is 0 Å². The van der Waals surface area contributed by atoms with Crippen molar-refractivity contribution in [3.8, 4) is 0 Å². The first kappa shape index (κ1) is 30.4. The Balaban J connectivity index is 1.20. The van der Waals surface area contributed by atoms with E-state index in [1.54, 1.807) is 11.1 Å². The SMILES string of the molecule is CC(C)(C)c1ccc(N2c3ccc(C(C)(C)C)cc3B3c4cccc5c4N(c4ccccc4C54C5CC6CC(C5)CC4C6)c4cccc2c43)cc1. The second kappa shape index (κ2) is 10.00. The Hall–Kier alpha value is -4.24. The molecule has 1 spiro atoms. The highest BCUT2D eigenvalue weighted by atomic mass is 15.2. The van der Waals surface area contributed by atoms with E-state index in [-0.39, 0.29) is 23.0 Å². The first-order valence-corrected chi connectivity index (χ1v) is 19.7. The average Bonchev–Trinajstić information content (AvgIpc) is 3.11. The summed E-state index contributed by atoms with van der Waals surface area (Å²) in [6, 6.07) is 41.0. The van der Waals surface area contributed by atoms with Crippen LogP contribution >= 0.6 is 0 Å². The fourth-order valence-electron chi connectivity index (χ4n) is 12.4. The number of hydrogen-bond donors (Lipinski definition) is 0. The summed E-state index contributed by atoms with van der Waals surface area (Å²) in [7, 11) is 0. The fraction of sp³-hybridized carbons (Fsp3) is 0.375. The van der Waals surface area contributed by atoms with E-state index >= 15 is 0 Å². The third kappa shape index (κ3) is 3.91. The minimum Gasteiger partial charge on any atom is -0.311 e. The lowest BCUT2D eigenvalue weighted by atomic mass is 9.32. The number of rotatable bonds is 1. The molecular formula is C48H49BN2. The highest BCUT2D eigenvalue weighted by Crippen LogP contribution is 2.69. The van der Waals surface area contributed by atoms with Gasteiger partial charge in [0.25, 0.3) is 6.71 Å². The minimum atomic E-state index is 0.0498. The highest BCUT2D eigenvalue weighted by molar-refractivity contribution is 7.00. The van der Waals surface area contributed by atoms with Gasteiger partial charge in [0.15, 0.2) is 0 Å². The van der Waals surface area contributed by atoms with E-state index in [9.17, 15) is 0 Å². The normalized spacial score (nSPS) is 26.2. The zero-order valence-corrected chi connectivity index (χ0v) is 31.1. The summed E-state index contributed by atoms with van der Waals surface area (Å²) >= 11 is 0. The van der Waals surface area contributed by atoms with E-state index in [1.165, 1.54) is 93.7 Å². The number of fused-ring (bicyclic) bond motifs is 6. The van der Waals surface area contributed by atoms with E-state index < -0.39 is 0 Å². The van der Waals surface area contributed by atoms with Crippen molar-refractivity contribution in [2.45, 2.75) is 89.9 Å². The molecule has 2 nitrogen and oxygen atoms in total. The molecule has 7 aliphatic rings. The smallest absolute Gasteiger partial charge is 0.252 e. The predicted octanol–water partition coefficient (Wildman–Crippen LogP) is 10.4. The molecule has 5 aromatic rings. The topological polar surface area (TPSA) is 6.48 Å². The van der Waals surface area contributed by atoms with Crippen LogP contribution in [0.1, 0.15) is 95.9 Å². The number of para-hydroxylation sites is 2. The van der Waals surface area contributed by atoms with Crippen LogP contribution in [-0.2, 0) is 16.2 Å². The average molecular weight is 665 g/mol. The second-order valence-electron chi connectivity index (χ2n) is 19.1. The van der Waals surface area contributed by atoms with Crippen molar-refractivity contribution in [1.82, 2.24) is 0 Å². The van der Waals surface area contributed by atoms with Crippen LogP contribution in [0.4, 0.5) is 34.1 Å². The maximum atomic E-state index is 2.71. The predicted molar refractivity (Wildman–Crippen MR) is 216 cm³/mol. The van der Waals surface area contributed by atoms with Crippen LogP contribution in [0, 0.1) is 23.7 Å². The van der Waals surface area contributed by atoms with Crippen LogP contribution in [0.2, 0.25) is 0 Å². The standard InChI is InChI=1S/C48H49BN2/c1-46(2,3)31-17-20-35(21-18-31)50-41-22-19-32(47(4,5)6)28-39(41)49-38-13-9-12-37-45(38)51(43-16-10-15-42(50)44(43)49)40-14-8-7-11-36(40)48(37)33-24-29-23-30(26-33)27-34(48)25-29/h7-22,28-30,33-34H,23-27H2,1-6H3. The largest absolute Gasteiger partial charge is 0.311 e. The van der Waals surface area contributed by atoms with Gasteiger partial charge < -0.3 is 9.80 Å². The number of benzene rings is 5. The molecule has 0 saturated heterocycles. The molecule has 12 rings (SSSR count). The van der Waals surface area contributed by atoms with Gasteiger partial charge in [-0.05, 0) is 142 Å². The first-order chi connectivity index (χ1) is 24.5. The van der Waals surface area contributed by atoms with Gasteiger partial charge in [0.1, 0.15) is 0 Å². The van der Waals surface area contributed by atoms with E-state index in [0.717, 1.165) is 23.7 Å². The molecule has 0 aromatic heterocycles. The van der Waals surface area contributed by atoms with Gasteiger partial charge in [-0.3, -0.25) is 0 Å². The van der Waals surface area contributed by atoms with E-state index in [4.69, 9.17) is 0 Å². The van der Waals surface area contributed by atoms with Crippen LogP contribution in [0.25, 0.3) is 0 Å². The van der Waals surface area contributed by atoms with Gasteiger partial charge in [-0.25, -0.2) is 0 Å². The molecule has 51 heavy (non-hydrogen) atoms. The molecule has 5 aromatic carbocycles. The Morgan fingerprint density at radius 2 is 1.12 bits per heavy atom. The van der Waals surface area contributed by atoms with Crippen molar-refractivity contribution in [1.29, 1.82) is 0 Å². The molecule has 4 saturated carbocycles. The monoisotopic (exact) mass is 664 g/mol. The lowest BCUT2D eigenvalue weighted by Gasteiger charge is -2.64. The van der Waals surface area contributed by atoms with Crippen LogP contribution in [0.5, 0.6) is 0 Å². The van der Waals surface area contributed by atoms with Crippen molar-refractivity contribution in [2.24, 2.45) is 23.7 Å². The fourth-order valence-corrected chi connectivity index (χ4v) is 12.4. The summed E-state index contributed by atoms with van der Waals surface area (Å²) in [5.41, 5.74) is 18.7. The molecule has 0 atom stereocenters.